The third-order valence-electron chi connectivity index (χ3n) is 26.2. The largest absolute Gasteiger partial charge is 0.390 e. The number of methoxy groups -OCH3 is 1. The fraction of sp³-hybridized carbons (Fsp3) is 0.621. The first-order valence-electron chi connectivity index (χ1n) is 49.5. The number of ether oxygens (including phenoxy) is 7. The topological polar surface area (TPSA) is 632 Å². The number of aliphatic hydroxyl groups is 8. The number of nitrogens with zero attached hydrogens (tertiary/aromatic N) is 18. The lowest BCUT2D eigenvalue weighted by molar-refractivity contribution is -0.0496. The third-order valence-corrected chi connectivity index (χ3v) is 36.5. The van der Waals surface area contributed by atoms with E-state index in [1.807, 2.05) is 20.8 Å². The number of aryl methyl sites for hydroxylation is 4. The summed E-state index contributed by atoms with van der Waals surface area (Å²) in [5.41, 5.74) is 1.85. The summed E-state index contributed by atoms with van der Waals surface area (Å²) in [6.45, 7) is 32.4. The molecule has 6 aliphatic heterocycles. The van der Waals surface area contributed by atoms with Gasteiger partial charge in [-0.25, -0.2) is 49.8 Å². The minimum Gasteiger partial charge on any atom is -0.390 e. The maximum Gasteiger partial charge on any atom is 0.280 e. The molecular formula is C95H148BrClN26O21P6. The summed E-state index contributed by atoms with van der Waals surface area (Å²) in [4.78, 5) is 139. The molecule has 0 unspecified atom stereocenters. The van der Waals surface area contributed by atoms with E-state index in [1.54, 1.807) is 58.6 Å². The Morgan fingerprint density at radius 3 is 0.933 bits per heavy atom. The number of anilines is 2. The summed E-state index contributed by atoms with van der Waals surface area (Å²) in [6.07, 6.45) is 31.0. The molecule has 0 amide bonds. The molecule has 150 heavy (non-hydrogen) atoms. The van der Waals surface area contributed by atoms with E-state index in [0.29, 0.717) is 113 Å². The van der Waals surface area contributed by atoms with E-state index in [2.05, 4.69) is 234 Å². The number of aliphatic hydroxyl groups excluding tert-OH is 8. The number of halogens is 2. The summed E-state index contributed by atoms with van der Waals surface area (Å²) in [5.74, 6) is 2.56. The molecule has 6 saturated heterocycles. The molecule has 24 atom stereocenters. The molecule has 0 aromatic carbocycles. The summed E-state index contributed by atoms with van der Waals surface area (Å²) >= 11 is 9.93. The molecule has 0 saturated carbocycles. The van der Waals surface area contributed by atoms with E-state index in [9.17, 15) is 69.6 Å². The van der Waals surface area contributed by atoms with Crippen LogP contribution in [0, 0.1) is 33.6 Å². The van der Waals surface area contributed by atoms with Gasteiger partial charge in [-0.15, -0.1) is 90.7 Å². The van der Waals surface area contributed by atoms with Gasteiger partial charge in [-0.05, 0) is 197 Å². The normalized spacial score (nSPS) is 27.2. The van der Waals surface area contributed by atoms with Crippen LogP contribution in [0.4, 0.5) is 11.9 Å². The van der Waals surface area contributed by atoms with E-state index >= 15 is 0 Å². The van der Waals surface area contributed by atoms with E-state index in [4.69, 9.17) is 44.8 Å². The molecule has 0 radical (unpaired) electrons. The number of imidazole rings is 6. The Labute approximate surface area is 880 Å². The molecule has 12 aromatic rings. The number of fused-ring (bicyclic) bond motifs is 6. The lowest BCUT2D eigenvalue weighted by Crippen LogP contribution is -2.33. The van der Waals surface area contributed by atoms with Gasteiger partial charge in [0.25, 0.3) is 33.4 Å². The van der Waals surface area contributed by atoms with Gasteiger partial charge in [-0.2, -0.15) is 9.97 Å². The number of H-pyrrole nitrogens is 6. The maximum absolute atomic E-state index is 12.2. The van der Waals surface area contributed by atoms with Gasteiger partial charge in [0.05, 0.1) is 91.6 Å². The van der Waals surface area contributed by atoms with Crippen LogP contribution in [-0.4, -0.2) is 435 Å². The summed E-state index contributed by atoms with van der Waals surface area (Å²) in [6, 6.07) is 0. The van der Waals surface area contributed by atoms with Crippen LogP contribution in [0.15, 0.2) is 66.7 Å². The van der Waals surface area contributed by atoms with Crippen molar-refractivity contribution in [2.45, 2.75) is 233 Å². The SMILES string of the molecule is C=P(C)(C)CC[C@H]1O[C@@H](n2cnc3c(=O)[nH]c(C)nc32)[C@H](Br)[C@@H]1O.C=P(C)(C)CC[C@H]1O[C@@H](n2cnc3c(=O)[nH]c(C)nc32)[C@H](C)[C@@H]1O.C=P(C)(C)CC[C@H]1O[C@@H](n2cnc3c(=O)[nH]c(C)nc32)[C@H](Cl)[C@@H]1O.C=P(C)(C)CC[C@H]1O[C@@H](n2cnc3c(=O)[nH]c(C)nc32)[C@H](OC)[C@@H]1O.C=P(C)(C)CC[C@H]1O[C@@H](n2cnc3c(=O)[nH]c(NCC)nc32)[C@H](O)[C@@H]1O.C=P(C)(C)CC[C@H]1O[C@@H](n2cnc3c(=O)[nH]c(NCCC)nc32)[C@H](O)[C@@H]1O. The van der Waals surface area contributed by atoms with E-state index < -0.39 is 145 Å². The first-order chi connectivity index (χ1) is 70.1. The molecule has 12 aromatic heterocycles. The zero-order valence-corrected chi connectivity index (χ0v) is 96.3. The van der Waals surface area contributed by atoms with Crippen LogP contribution in [-0.2, 0) is 33.2 Å². The van der Waals surface area contributed by atoms with Crippen molar-refractivity contribution in [2.24, 2.45) is 5.92 Å². The van der Waals surface area contributed by atoms with Gasteiger partial charge in [0.2, 0.25) is 11.9 Å². The van der Waals surface area contributed by atoms with Crippen LogP contribution >= 0.6 is 68.8 Å². The molecule has 18 heterocycles. The fourth-order valence-corrected chi connectivity index (χ4v) is 24.9. The van der Waals surface area contributed by atoms with Crippen molar-refractivity contribution in [3.8, 4) is 0 Å². The highest BCUT2D eigenvalue weighted by Gasteiger charge is 2.51. The Hall–Kier alpha value is -8.33. The maximum atomic E-state index is 12.2. The number of aromatic nitrogens is 24. The van der Waals surface area contributed by atoms with Crippen molar-refractivity contribution < 1.29 is 74.0 Å². The predicted octanol–water partition coefficient (Wildman–Crippen LogP) is 6.09. The second-order valence-corrected chi connectivity index (χ2v) is 70.8. The van der Waals surface area contributed by atoms with Gasteiger partial charge < -0.3 is 105 Å². The van der Waals surface area contributed by atoms with Crippen molar-refractivity contribution in [2.75, 3.05) is 148 Å². The van der Waals surface area contributed by atoms with E-state index in [-0.39, 0.29) is 102 Å². The van der Waals surface area contributed by atoms with Crippen LogP contribution in [0.2, 0.25) is 0 Å². The predicted molar refractivity (Wildman–Crippen MR) is 607 cm³/mol. The number of nitrogens with one attached hydrogen (secondary N) is 8. The van der Waals surface area contributed by atoms with Gasteiger partial charge in [0.1, 0.15) is 77.6 Å². The Morgan fingerprint density at radius 2 is 0.607 bits per heavy atom. The Kier molecular flexibility index (Phi) is 38.4. The number of hydrogen-bond donors (Lipinski definition) is 16. The van der Waals surface area contributed by atoms with Gasteiger partial charge in [0.15, 0.2) is 98.1 Å². The van der Waals surface area contributed by atoms with E-state index in [1.165, 1.54) is 41.6 Å². The smallest absolute Gasteiger partial charge is 0.280 e. The zero-order chi connectivity index (χ0) is 110. The van der Waals surface area contributed by atoms with Crippen LogP contribution in [0.3, 0.4) is 0 Å². The Bertz CT molecular complexity index is 7130. The van der Waals surface area contributed by atoms with Crippen molar-refractivity contribution in [3.05, 3.63) is 123 Å². The van der Waals surface area contributed by atoms with Crippen molar-refractivity contribution >= 4 is 186 Å². The van der Waals surface area contributed by atoms with Gasteiger partial charge in [0, 0.05) is 26.1 Å². The van der Waals surface area contributed by atoms with Crippen LogP contribution < -0.4 is 44.0 Å². The summed E-state index contributed by atoms with van der Waals surface area (Å²) in [7, 11) is 1.54. The van der Waals surface area contributed by atoms with Crippen LogP contribution in [0.1, 0.15) is 126 Å². The molecule has 47 nitrogen and oxygen atoms in total. The fourth-order valence-electron chi connectivity index (χ4n) is 18.2. The first kappa shape index (κ1) is 119. The molecule has 16 N–H and O–H groups in total. The highest BCUT2D eigenvalue weighted by Crippen LogP contribution is 2.48. The minimum absolute atomic E-state index is 0.111. The molecule has 55 heteroatoms. The molecular weight excluding hydrogens is 2140 g/mol. The average molecular weight is 2290 g/mol. The van der Waals surface area contributed by atoms with Crippen molar-refractivity contribution in [1.29, 1.82) is 0 Å². The van der Waals surface area contributed by atoms with Gasteiger partial charge >= 0.3 is 0 Å². The standard InChI is InChI=1S/C17H28N5O4P.C16H26N5O4P.C16H25N4O4P.C16H25N4O3P.C15H22BrN4O3P.C15H22ClN4O3P/c1-5-7-18-17-20-14-11(15(25)21-17)19-9-22(14)16-13(24)12(23)10(26-16)6-8-27(2,3)4;1-5-17-16-19-13-10(14(24)20-16)18-8-21(13)15-12(23)11(22)9(25-15)6-7-26(2,3)4;1-9-18-14-11(15(22)19-9)17-8-20(14)16-13(23-2)12(21)10(24-16)6-7-25(3,4)5;1-9-13(21)11(6-7-24(3,4)5)23-16(9)20-8-17-12-14(20)18-10(2)19-15(12)22;2*1-8-18-13-11(14(22)19-8)17-7-20(13)15-10(16)12(21)9(23-15)5-6-24(2,3)4/h9-10,12-13,16,23-24H,2,5-8H2,1,3-4H3,(H2,18,20,21,25);8-9,11-12,15,22-23H,2,5-7H2,1,3-4H3,(H2,17,19,20,24);8,10,12-13,16,21H,3,6-7H2,1-2,4-5H3,(H,18,19,22);8-9,11,13,16,21H,3,6-7H2,1-2,4-5H3,(H,18,19,22);2*7,9-10,12,15,21H,2,5-6H2,1,3-4H3,(H,18,19,22)/t10-,12-,13-,16-;9-,11-,12-,15-;10-,12-,13-,16-;9-,11-,13+,16-;2*9-,10-,12-,15-/m111111/s1. The highest BCUT2D eigenvalue weighted by atomic mass is 79.9. The van der Waals surface area contributed by atoms with Crippen LogP contribution in [0.25, 0.3) is 67.0 Å². The molecule has 6 fully saturated rings. The molecule has 828 valence electrons. The summed E-state index contributed by atoms with van der Waals surface area (Å²) in [5, 5.41) is 89.2. The molecule has 0 bridgehead atoms. The van der Waals surface area contributed by atoms with Gasteiger partial charge in [-0.1, -0.05) is 29.8 Å². The van der Waals surface area contributed by atoms with Crippen molar-refractivity contribution in [3.63, 3.8) is 0 Å². The van der Waals surface area contributed by atoms with E-state index in [0.717, 1.165) is 56.2 Å². The highest BCUT2D eigenvalue weighted by molar-refractivity contribution is 9.09. The number of alkyl halides is 2. The lowest BCUT2D eigenvalue weighted by atomic mass is 10.0. The second-order valence-electron chi connectivity index (χ2n) is 43.3. The Morgan fingerprint density at radius 1 is 0.353 bits per heavy atom. The molecule has 0 spiro atoms. The monoisotopic (exact) mass is 2290 g/mol. The quantitative estimate of drug-likeness (QED) is 0.0179. The van der Waals surface area contributed by atoms with Gasteiger partial charge in [-0.3, -0.25) is 66.1 Å². The minimum atomic E-state index is -1.27. The molecule has 18 rings (SSSR count). The van der Waals surface area contributed by atoms with Crippen LogP contribution in [0.5, 0.6) is 0 Å². The third kappa shape index (κ3) is 28.6. The zero-order valence-electron chi connectivity index (χ0n) is 88.5. The lowest BCUT2D eigenvalue weighted by Gasteiger charge is -2.20. The second kappa shape index (κ2) is 48.6. The number of hydrogen-bond acceptors (Lipinski definition) is 35. The number of aromatic amines is 6. The average Bonchev–Trinajstić information content (AvgIpc) is 1.64. The Balaban J connectivity index is 0.000000150. The summed E-state index contributed by atoms with van der Waals surface area (Å²) < 4.78 is 51.4. The number of rotatable bonds is 30. The molecule has 0 aliphatic carbocycles. The van der Waals surface area contributed by atoms with Crippen molar-refractivity contribution in [1.82, 2.24) is 117 Å². The molecule has 6 aliphatic rings. The first-order valence-corrected chi connectivity index (χ1v) is 69.2.